The SMILES string of the molecule is CC(C)C1CCC(OOC(C)(C)C2CCCCC2)(OOC(C)(C)C2CCCCC2)CC1. The Morgan fingerprint density at radius 3 is 1.35 bits per heavy atom. The van der Waals surface area contributed by atoms with Gasteiger partial charge < -0.3 is 0 Å². The molecule has 0 amide bonds. The van der Waals surface area contributed by atoms with E-state index in [0.717, 1.165) is 31.6 Å². The number of hydrogen-bond donors (Lipinski definition) is 0. The first kappa shape index (κ1) is 25.5. The Bertz CT molecular complexity index is 485. The van der Waals surface area contributed by atoms with Crippen molar-refractivity contribution in [2.45, 2.75) is 148 Å². The Hall–Kier alpha value is -0.160. The standard InChI is InChI=1S/C27H50O4/c1-21(2)22-17-19-27(20-18-22,30-28-25(3,4)23-13-9-7-10-14-23)31-29-26(5,6)24-15-11-8-12-16-24/h21-24H,7-20H2,1-6H3. The van der Waals surface area contributed by atoms with Crippen molar-refractivity contribution in [2.24, 2.45) is 23.7 Å². The molecular formula is C27H50O4. The third kappa shape index (κ3) is 6.91. The van der Waals surface area contributed by atoms with Crippen molar-refractivity contribution in [1.29, 1.82) is 0 Å². The third-order valence-corrected chi connectivity index (χ3v) is 8.73. The number of hydrogen-bond acceptors (Lipinski definition) is 4. The lowest BCUT2D eigenvalue weighted by Crippen LogP contribution is -2.47. The van der Waals surface area contributed by atoms with Crippen molar-refractivity contribution in [3.63, 3.8) is 0 Å². The average Bonchev–Trinajstić information content (AvgIpc) is 2.78. The molecule has 0 N–H and O–H groups in total. The average molecular weight is 439 g/mol. The van der Waals surface area contributed by atoms with Crippen LogP contribution in [-0.4, -0.2) is 17.0 Å². The van der Waals surface area contributed by atoms with E-state index in [0.29, 0.717) is 17.8 Å². The molecule has 3 saturated carbocycles. The van der Waals surface area contributed by atoms with Gasteiger partial charge in [0.15, 0.2) is 0 Å². The van der Waals surface area contributed by atoms with E-state index >= 15 is 0 Å². The fraction of sp³-hybridized carbons (Fsp3) is 1.00. The molecule has 3 aliphatic rings. The molecule has 3 fully saturated rings. The largest absolute Gasteiger partial charge is 0.234 e. The van der Waals surface area contributed by atoms with Crippen LogP contribution in [0.25, 0.3) is 0 Å². The van der Waals surface area contributed by atoms with Gasteiger partial charge in [-0.25, -0.2) is 9.78 Å². The quantitative estimate of drug-likeness (QED) is 0.207. The van der Waals surface area contributed by atoms with Gasteiger partial charge in [0.1, 0.15) is 11.2 Å². The van der Waals surface area contributed by atoms with Crippen molar-refractivity contribution in [1.82, 2.24) is 0 Å². The highest BCUT2D eigenvalue weighted by Gasteiger charge is 2.45. The van der Waals surface area contributed by atoms with Gasteiger partial charge in [-0.3, -0.25) is 0 Å². The minimum atomic E-state index is -0.788. The first-order valence-electron chi connectivity index (χ1n) is 13.4. The Morgan fingerprint density at radius 1 is 0.613 bits per heavy atom. The molecular weight excluding hydrogens is 388 g/mol. The smallest absolute Gasteiger partial charge is 0.227 e. The molecule has 0 heterocycles. The van der Waals surface area contributed by atoms with E-state index in [9.17, 15) is 0 Å². The predicted octanol–water partition coefficient (Wildman–Crippen LogP) is 8.14. The van der Waals surface area contributed by atoms with Crippen LogP contribution in [0, 0.1) is 23.7 Å². The van der Waals surface area contributed by atoms with Gasteiger partial charge in [0, 0.05) is 12.8 Å². The van der Waals surface area contributed by atoms with Crippen LogP contribution in [0.2, 0.25) is 0 Å². The van der Waals surface area contributed by atoms with Crippen LogP contribution in [0.1, 0.15) is 131 Å². The highest BCUT2D eigenvalue weighted by molar-refractivity contribution is 4.85. The van der Waals surface area contributed by atoms with E-state index in [4.69, 9.17) is 19.6 Å². The molecule has 0 aliphatic heterocycles. The summed E-state index contributed by atoms with van der Waals surface area (Å²) in [7, 11) is 0. The van der Waals surface area contributed by atoms with Crippen LogP contribution in [0.5, 0.6) is 0 Å². The first-order valence-corrected chi connectivity index (χ1v) is 13.4. The molecule has 0 aromatic rings. The lowest BCUT2D eigenvalue weighted by atomic mass is 9.78. The Balaban J connectivity index is 1.63. The molecule has 0 bridgehead atoms. The minimum absolute atomic E-state index is 0.301. The molecule has 0 atom stereocenters. The number of rotatable bonds is 9. The van der Waals surface area contributed by atoms with Gasteiger partial charge >= 0.3 is 0 Å². The molecule has 0 unspecified atom stereocenters. The summed E-state index contributed by atoms with van der Waals surface area (Å²) in [6, 6.07) is 0. The molecule has 3 aliphatic carbocycles. The Labute approximate surface area is 192 Å². The summed E-state index contributed by atoms with van der Waals surface area (Å²) >= 11 is 0. The summed E-state index contributed by atoms with van der Waals surface area (Å²) in [5, 5.41) is 0. The Morgan fingerprint density at radius 2 is 1.00 bits per heavy atom. The zero-order chi connectivity index (χ0) is 22.5. The predicted molar refractivity (Wildman–Crippen MR) is 125 cm³/mol. The summed E-state index contributed by atoms with van der Waals surface area (Å²) in [5.41, 5.74) is -0.602. The van der Waals surface area contributed by atoms with E-state index in [1.54, 1.807) is 0 Å². The van der Waals surface area contributed by atoms with Crippen molar-refractivity contribution >= 4 is 0 Å². The van der Waals surface area contributed by atoms with Crippen molar-refractivity contribution in [3.8, 4) is 0 Å². The van der Waals surface area contributed by atoms with Gasteiger partial charge in [-0.1, -0.05) is 52.4 Å². The van der Waals surface area contributed by atoms with Gasteiger partial charge in [0.05, 0.1) is 0 Å². The molecule has 4 heteroatoms. The van der Waals surface area contributed by atoms with Gasteiger partial charge in [-0.05, 0) is 89.9 Å². The lowest BCUT2D eigenvalue weighted by Gasteiger charge is -2.44. The molecule has 31 heavy (non-hydrogen) atoms. The first-order chi connectivity index (χ1) is 14.6. The molecule has 0 aromatic heterocycles. The summed E-state index contributed by atoms with van der Waals surface area (Å²) in [6.07, 6.45) is 16.7. The van der Waals surface area contributed by atoms with Crippen molar-refractivity contribution in [3.05, 3.63) is 0 Å². The highest BCUT2D eigenvalue weighted by atomic mass is 17.3. The third-order valence-electron chi connectivity index (χ3n) is 8.73. The molecule has 4 nitrogen and oxygen atoms in total. The summed E-state index contributed by atoms with van der Waals surface area (Å²) in [5.74, 6) is 1.72. The Kier molecular flexibility index (Phi) is 8.91. The van der Waals surface area contributed by atoms with E-state index in [2.05, 4.69) is 41.5 Å². The zero-order valence-corrected chi connectivity index (χ0v) is 21.3. The summed E-state index contributed by atoms with van der Waals surface area (Å²) in [6.45, 7) is 13.4. The molecule has 0 radical (unpaired) electrons. The maximum Gasteiger partial charge on any atom is 0.234 e. The molecule has 0 saturated heterocycles. The summed E-state index contributed by atoms with van der Waals surface area (Å²) < 4.78 is 0. The molecule has 0 aromatic carbocycles. The molecule has 3 rings (SSSR count). The second-order valence-corrected chi connectivity index (χ2v) is 12.2. The fourth-order valence-corrected chi connectivity index (χ4v) is 6.03. The maximum atomic E-state index is 6.25. The second-order valence-electron chi connectivity index (χ2n) is 12.2. The van der Waals surface area contributed by atoms with Gasteiger partial charge in [-0.15, -0.1) is 0 Å². The van der Waals surface area contributed by atoms with E-state index in [-0.39, 0.29) is 11.2 Å². The summed E-state index contributed by atoms with van der Waals surface area (Å²) in [4.78, 5) is 24.9. The van der Waals surface area contributed by atoms with Crippen molar-refractivity contribution < 1.29 is 19.6 Å². The van der Waals surface area contributed by atoms with Crippen LogP contribution in [0.3, 0.4) is 0 Å². The zero-order valence-electron chi connectivity index (χ0n) is 21.3. The van der Waals surface area contributed by atoms with Crippen LogP contribution in [-0.2, 0) is 19.6 Å². The minimum Gasteiger partial charge on any atom is -0.227 e. The lowest BCUT2D eigenvalue weighted by molar-refractivity contribution is -0.553. The van der Waals surface area contributed by atoms with Crippen LogP contribution in [0.15, 0.2) is 0 Å². The second kappa shape index (κ2) is 10.8. The van der Waals surface area contributed by atoms with Crippen LogP contribution in [0.4, 0.5) is 0 Å². The highest BCUT2D eigenvalue weighted by Crippen LogP contribution is 2.43. The van der Waals surface area contributed by atoms with Crippen LogP contribution < -0.4 is 0 Å². The van der Waals surface area contributed by atoms with Crippen LogP contribution >= 0.6 is 0 Å². The van der Waals surface area contributed by atoms with Gasteiger partial charge in [-0.2, -0.15) is 9.78 Å². The van der Waals surface area contributed by atoms with Crippen molar-refractivity contribution in [2.75, 3.05) is 0 Å². The van der Waals surface area contributed by atoms with Gasteiger partial charge in [0.2, 0.25) is 5.79 Å². The normalized spacial score (nSPS) is 25.3. The maximum absolute atomic E-state index is 6.25. The van der Waals surface area contributed by atoms with E-state index in [1.165, 1.54) is 64.2 Å². The van der Waals surface area contributed by atoms with E-state index < -0.39 is 5.79 Å². The molecule has 182 valence electrons. The fourth-order valence-electron chi connectivity index (χ4n) is 6.03. The van der Waals surface area contributed by atoms with E-state index in [1.807, 2.05) is 0 Å². The monoisotopic (exact) mass is 438 g/mol. The topological polar surface area (TPSA) is 36.9 Å². The van der Waals surface area contributed by atoms with Gasteiger partial charge in [0.25, 0.3) is 0 Å². The molecule has 0 spiro atoms.